The van der Waals surface area contributed by atoms with Gasteiger partial charge in [-0.25, -0.2) is 4.99 Å². The number of hydrogen-bond donors (Lipinski definition) is 2. The fraction of sp³-hybridized carbons (Fsp3) is 0.526. The van der Waals surface area contributed by atoms with Crippen molar-refractivity contribution in [2.75, 3.05) is 13.2 Å². The maximum Gasteiger partial charge on any atom is 0.192 e. The monoisotopic (exact) mass is 424 g/mol. The van der Waals surface area contributed by atoms with Gasteiger partial charge in [-0.15, -0.1) is 10.2 Å². The Morgan fingerprint density at radius 3 is 2.82 bits per heavy atom. The van der Waals surface area contributed by atoms with Crippen LogP contribution in [0.3, 0.4) is 0 Å². The van der Waals surface area contributed by atoms with E-state index in [1.54, 1.807) is 6.07 Å². The van der Waals surface area contributed by atoms with Crippen LogP contribution in [0.15, 0.2) is 23.2 Å². The maximum atomic E-state index is 6.16. The highest BCUT2D eigenvalue weighted by Crippen LogP contribution is 2.25. The molecule has 0 saturated carbocycles. The highest BCUT2D eigenvalue weighted by atomic mass is 35.5. The van der Waals surface area contributed by atoms with E-state index < -0.39 is 0 Å². The molecule has 0 aliphatic carbocycles. The first-order chi connectivity index (χ1) is 13.4. The Balaban J connectivity index is 1.71. The zero-order valence-corrected chi connectivity index (χ0v) is 17.9. The summed E-state index contributed by atoms with van der Waals surface area (Å²) < 4.78 is 7.64. The largest absolute Gasteiger partial charge is 0.376 e. The van der Waals surface area contributed by atoms with E-state index in [1.807, 2.05) is 30.7 Å². The van der Waals surface area contributed by atoms with Gasteiger partial charge in [0.1, 0.15) is 12.4 Å². The Labute approximate surface area is 175 Å². The molecule has 28 heavy (non-hydrogen) atoms. The molecule has 0 bridgehead atoms. The third kappa shape index (κ3) is 5.37. The summed E-state index contributed by atoms with van der Waals surface area (Å²) in [4.78, 5) is 4.69. The Morgan fingerprint density at radius 2 is 2.18 bits per heavy atom. The summed E-state index contributed by atoms with van der Waals surface area (Å²) in [5.41, 5.74) is 1.02. The topological polar surface area (TPSA) is 76.4 Å². The summed E-state index contributed by atoms with van der Waals surface area (Å²) in [6.45, 7) is 5.92. The van der Waals surface area contributed by atoms with E-state index in [0.717, 1.165) is 36.7 Å². The highest BCUT2D eigenvalue weighted by molar-refractivity contribution is 6.42. The third-order valence-corrected chi connectivity index (χ3v) is 5.62. The third-order valence-electron chi connectivity index (χ3n) is 4.88. The predicted molar refractivity (Wildman–Crippen MR) is 112 cm³/mol. The van der Waals surface area contributed by atoms with Crippen molar-refractivity contribution in [3.8, 4) is 0 Å². The van der Waals surface area contributed by atoms with Crippen LogP contribution < -0.4 is 10.6 Å². The first-order valence-corrected chi connectivity index (χ1v) is 10.2. The smallest absolute Gasteiger partial charge is 0.192 e. The van der Waals surface area contributed by atoms with E-state index in [0.29, 0.717) is 29.1 Å². The van der Waals surface area contributed by atoms with Crippen LogP contribution in [0.2, 0.25) is 10.0 Å². The molecule has 0 amide bonds. The molecule has 2 N–H and O–H groups in total. The molecular weight excluding hydrogens is 399 g/mol. The number of halogens is 2. The van der Waals surface area contributed by atoms with Crippen molar-refractivity contribution >= 4 is 29.2 Å². The minimum Gasteiger partial charge on any atom is -0.376 e. The quantitative estimate of drug-likeness (QED) is 0.548. The van der Waals surface area contributed by atoms with Crippen molar-refractivity contribution in [1.29, 1.82) is 0 Å². The highest BCUT2D eigenvalue weighted by Gasteiger charge is 2.17. The molecule has 1 saturated heterocycles. The van der Waals surface area contributed by atoms with Gasteiger partial charge >= 0.3 is 0 Å². The lowest BCUT2D eigenvalue weighted by molar-refractivity contribution is 0.113. The van der Waals surface area contributed by atoms with Gasteiger partial charge in [-0.3, -0.25) is 0 Å². The van der Waals surface area contributed by atoms with Crippen LogP contribution >= 0.6 is 23.2 Å². The zero-order chi connectivity index (χ0) is 20.1. The Kier molecular flexibility index (Phi) is 7.15. The number of ether oxygens (including phenoxy) is 1. The zero-order valence-electron chi connectivity index (χ0n) is 16.4. The second kappa shape index (κ2) is 9.58. The van der Waals surface area contributed by atoms with Crippen LogP contribution in [0, 0.1) is 6.92 Å². The van der Waals surface area contributed by atoms with Crippen molar-refractivity contribution in [3.63, 3.8) is 0 Å². The predicted octanol–water partition coefficient (Wildman–Crippen LogP) is 3.41. The average Bonchev–Trinajstić information content (AvgIpc) is 3.31. The summed E-state index contributed by atoms with van der Waals surface area (Å²) in [7, 11) is 1.94. The van der Waals surface area contributed by atoms with Gasteiger partial charge in [0.15, 0.2) is 11.8 Å². The summed E-state index contributed by atoms with van der Waals surface area (Å²) in [5.74, 6) is 2.35. The molecule has 2 heterocycles. The molecule has 2 atom stereocenters. The van der Waals surface area contributed by atoms with Gasteiger partial charge in [-0.1, -0.05) is 29.3 Å². The standard InChI is InChI=1S/C19H26Cl2N6O/c1-12(14-6-7-16(20)17(21)9-14)24-19(22-10-15-5-4-8-28-15)23-11-18-26-25-13(2)27(18)3/h6-7,9,12,15H,4-5,8,10-11H2,1-3H3,(H2,22,23,24). The van der Waals surface area contributed by atoms with E-state index in [4.69, 9.17) is 32.9 Å². The number of aryl methyl sites for hydroxylation is 1. The first kappa shape index (κ1) is 20.9. The van der Waals surface area contributed by atoms with Gasteiger partial charge in [0.2, 0.25) is 0 Å². The van der Waals surface area contributed by atoms with E-state index in [2.05, 4.69) is 27.8 Å². The number of nitrogens with zero attached hydrogens (tertiary/aromatic N) is 4. The van der Waals surface area contributed by atoms with Crippen molar-refractivity contribution < 1.29 is 4.74 Å². The van der Waals surface area contributed by atoms with Crippen LogP contribution in [0.1, 0.15) is 43.0 Å². The molecule has 1 aromatic heterocycles. The number of guanidine groups is 1. The van der Waals surface area contributed by atoms with E-state index in [9.17, 15) is 0 Å². The molecular formula is C19H26Cl2N6O. The molecule has 2 unspecified atom stereocenters. The molecule has 1 aliphatic heterocycles. The minimum absolute atomic E-state index is 0.00764. The molecule has 3 rings (SSSR count). The van der Waals surface area contributed by atoms with Crippen LogP contribution in [-0.2, 0) is 18.3 Å². The molecule has 9 heteroatoms. The van der Waals surface area contributed by atoms with Crippen LogP contribution in [-0.4, -0.2) is 40.0 Å². The first-order valence-electron chi connectivity index (χ1n) is 9.40. The molecule has 7 nitrogen and oxygen atoms in total. The minimum atomic E-state index is -0.00764. The lowest BCUT2D eigenvalue weighted by Crippen LogP contribution is -2.42. The van der Waals surface area contributed by atoms with Crippen LogP contribution in [0.5, 0.6) is 0 Å². The fourth-order valence-electron chi connectivity index (χ4n) is 2.98. The summed E-state index contributed by atoms with van der Waals surface area (Å²) in [5, 5.41) is 16.1. The normalized spacial score (nSPS) is 18.3. The van der Waals surface area contributed by atoms with Crippen LogP contribution in [0.4, 0.5) is 0 Å². The second-order valence-electron chi connectivity index (χ2n) is 6.94. The van der Waals surface area contributed by atoms with Gasteiger partial charge in [-0.05, 0) is 44.4 Å². The summed E-state index contributed by atoms with van der Waals surface area (Å²) >= 11 is 12.2. The number of aliphatic imine (C=N–C) groups is 1. The van der Waals surface area contributed by atoms with Gasteiger partial charge in [0.05, 0.1) is 22.2 Å². The van der Waals surface area contributed by atoms with E-state index in [-0.39, 0.29) is 12.1 Å². The summed E-state index contributed by atoms with van der Waals surface area (Å²) in [6, 6.07) is 5.61. The summed E-state index contributed by atoms with van der Waals surface area (Å²) in [6.07, 6.45) is 2.37. The molecule has 0 spiro atoms. The van der Waals surface area contributed by atoms with Gasteiger partial charge in [0.25, 0.3) is 0 Å². The number of rotatable bonds is 6. The maximum absolute atomic E-state index is 6.16. The molecule has 1 fully saturated rings. The molecule has 1 aromatic carbocycles. The average molecular weight is 425 g/mol. The Bertz CT molecular complexity index is 832. The van der Waals surface area contributed by atoms with Crippen molar-refractivity contribution in [2.45, 2.75) is 45.4 Å². The number of aromatic nitrogens is 3. The number of nitrogens with one attached hydrogen (secondary N) is 2. The number of benzene rings is 1. The Hall–Kier alpha value is -1.83. The van der Waals surface area contributed by atoms with Crippen molar-refractivity contribution in [1.82, 2.24) is 25.4 Å². The Morgan fingerprint density at radius 1 is 1.36 bits per heavy atom. The van der Waals surface area contributed by atoms with Crippen LogP contribution in [0.25, 0.3) is 0 Å². The SMILES string of the molecule is Cc1nnc(CN=C(NCC2CCCO2)NC(C)c2ccc(Cl)c(Cl)c2)n1C. The van der Waals surface area contributed by atoms with Crippen molar-refractivity contribution in [3.05, 3.63) is 45.5 Å². The molecule has 152 valence electrons. The number of hydrogen-bond acceptors (Lipinski definition) is 4. The lowest BCUT2D eigenvalue weighted by atomic mass is 10.1. The molecule has 0 radical (unpaired) electrons. The van der Waals surface area contributed by atoms with Gasteiger partial charge < -0.3 is 19.9 Å². The van der Waals surface area contributed by atoms with Crippen molar-refractivity contribution in [2.24, 2.45) is 12.0 Å². The van der Waals surface area contributed by atoms with Gasteiger partial charge in [-0.2, -0.15) is 0 Å². The lowest BCUT2D eigenvalue weighted by Gasteiger charge is -2.20. The second-order valence-corrected chi connectivity index (χ2v) is 7.76. The van der Waals surface area contributed by atoms with Gasteiger partial charge in [0, 0.05) is 20.2 Å². The van der Waals surface area contributed by atoms with E-state index in [1.165, 1.54) is 0 Å². The fourth-order valence-corrected chi connectivity index (χ4v) is 3.28. The molecule has 2 aromatic rings. The van der Waals surface area contributed by atoms with E-state index >= 15 is 0 Å². The molecule has 1 aliphatic rings.